The Hall–Kier alpha value is -3.39. The Morgan fingerprint density at radius 1 is 1.03 bits per heavy atom. The van der Waals surface area contributed by atoms with Gasteiger partial charge in [0.1, 0.15) is 18.4 Å². The third-order valence-corrected chi connectivity index (χ3v) is 7.30. The second kappa shape index (κ2) is 11.6. The number of carbonyl (C=O) groups excluding carboxylic acids is 3. The highest BCUT2D eigenvalue weighted by Gasteiger charge is 2.42. The van der Waals surface area contributed by atoms with Crippen LogP contribution in [0.15, 0.2) is 54.6 Å². The molecule has 0 bridgehead atoms. The summed E-state index contributed by atoms with van der Waals surface area (Å²) in [4.78, 5) is 41.0. The molecule has 4 rings (SSSR count). The van der Waals surface area contributed by atoms with Crippen molar-refractivity contribution in [3.05, 3.63) is 65.7 Å². The Morgan fingerprint density at radius 2 is 1.72 bits per heavy atom. The molecule has 0 aliphatic carbocycles. The number of nitrogens with two attached hydrogens (primary N) is 1. The SMILES string of the molecule is C[C@@H]1COc2ccccc2C(=O)NCCCCC2(CCN(C(=O)[C@H](N)c3ccccc3)CC2)C(=O)N1. The number of nitrogens with one attached hydrogen (secondary N) is 2. The van der Waals surface area contributed by atoms with Crippen molar-refractivity contribution >= 4 is 17.7 Å². The lowest BCUT2D eigenvalue weighted by atomic mass is 9.73. The molecule has 0 unspecified atom stereocenters. The second-order valence-corrected chi connectivity index (χ2v) is 9.89. The number of likely N-dealkylation sites (tertiary alicyclic amines) is 1. The van der Waals surface area contributed by atoms with E-state index in [1.54, 1.807) is 17.0 Å². The van der Waals surface area contributed by atoms with E-state index in [4.69, 9.17) is 10.5 Å². The van der Waals surface area contributed by atoms with Gasteiger partial charge in [0, 0.05) is 19.6 Å². The van der Waals surface area contributed by atoms with Crippen LogP contribution in [0.1, 0.15) is 61.0 Å². The van der Waals surface area contributed by atoms with Crippen LogP contribution in [0.3, 0.4) is 0 Å². The maximum atomic E-state index is 13.5. The van der Waals surface area contributed by atoms with Gasteiger partial charge >= 0.3 is 0 Å². The third-order valence-electron chi connectivity index (χ3n) is 7.30. The van der Waals surface area contributed by atoms with Crippen molar-refractivity contribution in [1.29, 1.82) is 0 Å². The summed E-state index contributed by atoms with van der Waals surface area (Å²) in [5.74, 6) is 0.244. The highest BCUT2D eigenvalue weighted by Crippen LogP contribution is 2.38. The van der Waals surface area contributed by atoms with Crippen LogP contribution in [-0.4, -0.2) is 54.9 Å². The van der Waals surface area contributed by atoms with Gasteiger partial charge in [0.25, 0.3) is 5.91 Å². The van der Waals surface area contributed by atoms with Gasteiger partial charge in [0.05, 0.1) is 17.0 Å². The van der Waals surface area contributed by atoms with Gasteiger partial charge < -0.3 is 26.0 Å². The fraction of sp³-hybridized carbons (Fsp3) is 0.464. The average molecular weight is 493 g/mol. The summed E-state index contributed by atoms with van der Waals surface area (Å²) in [6.07, 6.45) is 3.42. The lowest BCUT2D eigenvalue weighted by Gasteiger charge is -2.42. The molecule has 8 nitrogen and oxygen atoms in total. The van der Waals surface area contributed by atoms with Gasteiger partial charge in [0.2, 0.25) is 11.8 Å². The lowest BCUT2D eigenvalue weighted by molar-refractivity contribution is -0.142. The van der Waals surface area contributed by atoms with Crippen LogP contribution in [0, 0.1) is 5.41 Å². The van der Waals surface area contributed by atoms with Crippen LogP contribution in [-0.2, 0) is 9.59 Å². The first-order chi connectivity index (χ1) is 17.4. The van der Waals surface area contributed by atoms with E-state index in [-0.39, 0.29) is 30.4 Å². The summed E-state index contributed by atoms with van der Waals surface area (Å²) in [6, 6.07) is 15.6. The molecule has 1 saturated heterocycles. The molecule has 1 spiro atoms. The predicted molar refractivity (Wildman–Crippen MR) is 137 cm³/mol. The number of piperidine rings is 1. The minimum Gasteiger partial charge on any atom is -0.491 e. The van der Waals surface area contributed by atoms with Crippen molar-refractivity contribution in [3.63, 3.8) is 0 Å². The Balaban J connectivity index is 1.43. The molecule has 2 aromatic rings. The molecule has 0 radical (unpaired) electrons. The quantitative estimate of drug-likeness (QED) is 0.597. The molecule has 2 aliphatic heterocycles. The standard InChI is InChI=1S/C28H36N4O4/c1-20-19-36-23-12-6-5-11-22(23)25(33)30-16-8-7-13-28(27(35)31-20)14-17-32(18-15-28)26(34)24(29)21-9-3-2-4-10-21/h2-6,9-12,20,24H,7-8,13-19,29H2,1H3,(H,30,33)(H,31,35)/t20-,24-/m1/s1. The summed E-state index contributed by atoms with van der Waals surface area (Å²) in [5, 5.41) is 6.11. The fourth-order valence-electron chi connectivity index (χ4n) is 5.04. The summed E-state index contributed by atoms with van der Waals surface area (Å²) in [6.45, 7) is 3.65. The largest absolute Gasteiger partial charge is 0.491 e. The first-order valence-corrected chi connectivity index (χ1v) is 12.8. The van der Waals surface area contributed by atoms with Crippen molar-refractivity contribution in [1.82, 2.24) is 15.5 Å². The Morgan fingerprint density at radius 3 is 2.47 bits per heavy atom. The molecular formula is C28H36N4O4. The van der Waals surface area contributed by atoms with E-state index in [1.807, 2.05) is 49.4 Å². The first kappa shape index (κ1) is 25.7. The monoisotopic (exact) mass is 492 g/mol. The van der Waals surface area contributed by atoms with Crippen molar-refractivity contribution in [2.75, 3.05) is 26.2 Å². The number of para-hydroxylation sites is 1. The zero-order chi connectivity index (χ0) is 25.5. The molecule has 2 aliphatic rings. The van der Waals surface area contributed by atoms with Gasteiger partial charge in [0.15, 0.2) is 0 Å². The number of hydrogen-bond donors (Lipinski definition) is 3. The number of nitrogens with zero attached hydrogens (tertiary/aromatic N) is 1. The number of hydrogen-bond acceptors (Lipinski definition) is 5. The zero-order valence-corrected chi connectivity index (χ0v) is 20.9. The number of ether oxygens (including phenoxy) is 1. The van der Waals surface area contributed by atoms with Crippen LogP contribution in [0.5, 0.6) is 5.75 Å². The molecule has 4 N–H and O–H groups in total. The van der Waals surface area contributed by atoms with Gasteiger partial charge in [-0.15, -0.1) is 0 Å². The minimum atomic E-state index is -0.707. The van der Waals surface area contributed by atoms with Gasteiger partial charge in [-0.3, -0.25) is 14.4 Å². The summed E-state index contributed by atoms with van der Waals surface area (Å²) >= 11 is 0. The normalized spacial score (nSPS) is 21.8. The molecule has 0 saturated carbocycles. The number of carbonyl (C=O) groups is 3. The third kappa shape index (κ3) is 5.87. The predicted octanol–water partition coefficient (Wildman–Crippen LogP) is 2.79. The van der Waals surface area contributed by atoms with E-state index in [1.165, 1.54) is 0 Å². The topological polar surface area (TPSA) is 114 Å². The molecule has 8 heteroatoms. The smallest absolute Gasteiger partial charge is 0.255 e. The van der Waals surface area contributed by atoms with E-state index in [0.717, 1.165) is 18.4 Å². The van der Waals surface area contributed by atoms with E-state index in [9.17, 15) is 14.4 Å². The van der Waals surface area contributed by atoms with Gasteiger partial charge in [-0.05, 0) is 50.3 Å². The number of rotatable bonds is 2. The molecule has 0 aromatic heterocycles. The van der Waals surface area contributed by atoms with Gasteiger partial charge in [-0.2, -0.15) is 0 Å². The van der Waals surface area contributed by atoms with Crippen LogP contribution < -0.4 is 21.1 Å². The minimum absolute atomic E-state index is 0.00689. The van der Waals surface area contributed by atoms with E-state index < -0.39 is 11.5 Å². The van der Waals surface area contributed by atoms with Crippen LogP contribution in [0.4, 0.5) is 0 Å². The molecule has 1 fully saturated rings. The van der Waals surface area contributed by atoms with Crippen molar-refractivity contribution in [2.45, 2.75) is 51.1 Å². The maximum Gasteiger partial charge on any atom is 0.255 e. The summed E-state index contributed by atoms with van der Waals surface area (Å²) in [5.41, 5.74) is 6.98. The molecule has 2 heterocycles. The number of benzene rings is 2. The van der Waals surface area contributed by atoms with Crippen LogP contribution >= 0.6 is 0 Å². The number of fused-ring (bicyclic) bond motifs is 1. The number of amides is 3. The molecule has 192 valence electrons. The van der Waals surface area contributed by atoms with Gasteiger partial charge in [-0.1, -0.05) is 48.9 Å². The van der Waals surface area contributed by atoms with Gasteiger partial charge in [-0.25, -0.2) is 0 Å². The lowest BCUT2D eigenvalue weighted by Crippen LogP contribution is -2.53. The second-order valence-electron chi connectivity index (χ2n) is 9.89. The molecular weight excluding hydrogens is 456 g/mol. The van der Waals surface area contributed by atoms with Crippen LogP contribution in [0.2, 0.25) is 0 Å². The first-order valence-electron chi connectivity index (χ1n) is 12.8. The average Bonchev–Trinajstić information content (AvgIpc) is 2.91. The van der Waals surface area contributed by atoms with E-state index in [0.29, 0.717) is 50.2 Å². The zero-order valence-electron chi connectivity index (χ0n) is 20.9. The van der Waals surface area contributed by atoms with Crippen molar-refractivity contribution < 1.29 is 19.1 Å². The van der Waals surface area contributed by atoms with Crippen molar-refractivity contribution in [2.24, 2.45) is 11.1 Å². The Kier molecular flexibility index (Phi) is 8.25. The summed E-state index contributed by atoms with van der Waals surface area (Å²) < 4.78 is 5.91. The van der Waals surface area contributed by atoms with Crippen molar-refractivity contribution in [3.8, 4) is 5.75 Å². The van der Waals surface area contributed by atoms with E-state index in [2.05, 4.69) is 10.6 Å². The van der Waals surface area contributed by atoms with E-state index >= 15 is 0 Å². The summed E-state index contributed by atoms with van der Waals surface area (Å²) in [7, 11) is 0. The Bertz CT molecular complexity index is 1070. The molecule has 2 aromatic carbocycles. The molecule has 3 amide bonds. The Labute approximate surface area is 212 Å². The fourth-order valence-corrected chi connectivity index (χ4v) is 5.04. The van der Waals surface area contributed by atoms with Crippen LogP contribution in [0.25, 0.3) is 0 Å². The molecule has 36 heavy (non-hydrogen) atoms. The highest BCUT2D eigenvalue weighted by atomic mass is 16.5. The highest BCUT2D eigenvalue weighted by molar-refractivity contribution is 5.96. The maximum absolute atomic E-state index is 13.5. The molecule has 2 atom stereocenters.